The van der Waals surface area contributed by atoms with Crippen LogP contribution in [0.1, 0.15) is 17.9 Å². The first-order valence-corrected chi connectivity index (χ1v) is 5.14. The second-order valence-electron chi connectivity index (χ2n) is 4.00. The van der Waals surface area contributed by atoms with E-state index in [-0.39, 0.29) is 6.04 Å². The lowest BCUT2D eigenvalue weighted by molar-refractivity contribution is 0.0403. The first-order valence-electron chi connectivity index (χ1n) is 5.14. The molecule has 2 unspecified atom stereocenters. The van der Waals surface area contributed by atoms with Crippen LogP contribution < -0.4 is 5.73 Å². The number of ether oxygens (including phenoxy) is 1. The molecule has 1 aromatic rings. The summed E-state index contributed by atoms with van der Waals surface area (Å²) in [5.74, 6) is 2.40. The third-order valence-electron chi connectivity index (χ3n) is 2.79. The quantitative estimate of drug-likeness (QED) is 0.777. The van der Waals surface area contributed by atoms with Crippen LogP contribution in [0, 0.1) is 12.8 Å². The van der Waals surface area contributed by atoms with E-state index in [2.05, 4.69) is 0 Å². The number of nitrogens with two attached hydrogens (primary N) is 1. The van der Waals surface area contributed by atoms with Crippen molar-refractivity contribution >= 4 is 0 Å². The average Bonchev–Trinajstić information content (AvgIpc) is 2.56. The smallest absolute Gasteiger partial charge is 0.104 e. The minimum atomic E-state index is 0.258. The zero-order valence-corrected chi connectivity index (χ0v) is 8.53. The number of hydrogen-bond acceptors (Lipinski definition) is 3. The van der Waals surface area contributed by atoms with Gasteiger partial charge < -0.3 is 14.9 Å². The summed E-state index contributed by atoms with van der Waals surface area (Å²) in [6.45, 7) is 3.52. The van der Waals surface area contributed by atoms with Crippen LogP contribution in [0.2, 0.25) is 0 Å². The molecular weight excluding hydrogens is 178 g/mol. The van der Waals surface area contributed by atoms with Gasteiger partial charge in [0, 0.05) is 25.0 Å². The van der Waals surface area contributed by atoms with Crippen LogP contribution in [-0.2, 0) is 11.2 Å². The highest BCUT2D eigenvalue weighted by Gasteiger charge is 2.23. The lowest BCUT2D eigenvalue weighted by Crippen LogP contribution is -2.39. The fourth-order valence-electron chi connectivity index (χ4n) is 1.88. The summed E-state index contributed by atoms with van der Waals surface area (Å²) >= 11 is 0. The zero-order chi connectivity index (χ0) is 9.97. The molecule has 1 aromatic heterocycles. The Kier molecular flexibility index (Phi) is 2.89. The normalized spacial score (nSPS) is 27.9. The maximum Gasteiger partial charge on any atom is 0.104 e. The summed E-state index contributed by atoms with van der Waals surface area (Å²) in [5, 5.41) is 0. The SMILES string of the molecule is Cc1ccc(CC2COCCC2N)o1. The van der Waals surface area contributed by atoms with Crippen molar-refractivity contribution in [3.8, 4) is 0 Å². The van der Waals surface area contributed by atoms with Crippen LogP contribution >= 0.6 is 0 Å². The highest BCUT2D eigenvalue weighted by atomic mass is 16.5. The standard InChI is InChI=1S/C11H17NO2/c1-8-2-3-10(14-8)6-9-7-13-5-4-11(9)12/h2-3,9,11H,4-7,12H2,1H3. The van der Waals surface area contributed by atoms with Crippen molar-refractivity contribution in [1.29, 1.82) is 0 Å². The van der Waals surface area contributed by atoms with Gasteiger partial charge in [0.05, 0.1) is 6.61 Å². The molecule has 1 fully saturated rings. The topological polar surface area (TPSA) is 48.4 Å². The Morgan fingerprint density at radius 2 is 2.36 bits per heavy atom. The Hall–Kier alpha value is -0.800. The number of aryl methyl sites for hydroxylation is 1. The molecule has 0 spiro atoms. The molecule has 0 saturated carbocycles. The van der Waals surface area contributed by atoms with Crippen molar-refractivity contribution in [2.24, 2.45) is 11.7 Å². The van der Waals surface area contributed by atoms with E-state index in [1.54, 1.807) is 0 Å². The Morgan fingerprint density at radius 3 is 3.00 bits per heavy atom. The van der Waals surface area contributed by atoms with E-state index in [0.717, 1.165) is 37.6 Å². The van der Waals surface area contributed by atoms with E-state index in [9.17, 15) is 0 Å². The molecule has 1 saturated heterocycles. The third-order valence-corrected chi connectivity index (χ3v) is 2.79. The Balaban J connectivity index is 1.95. The van der Waals surface area contributed by atoms with Gasteiger partial charge in [0.2, 0.25) is 0 Å². The van der Waals surface area contributed by atoms with E-state index in [4.69, 9.17) is 14.9 Å². The summed E-state index contributed by atoms with van der Waals surface area (Å²) in [4.78, 5) is 0. The van der Waals surface area contributed by atoms with E-state index in [1.165, 1.54) is 0 Å². The van der Waals surface area contributed by atoms with Gasteiger partial charge in [-0.2, -0.15) is 0 Å². The van der Waals surface area contributed by atoms with Crippen LogP contribution in [0.4, 0.5) is 0 Å². The molecule has 78 valence electrons. The molecule has 2 rings (SSSR count). The Bertz CT molecular complexity index is 295. The molecule has 0 amide bonds. The number of hydrogen-bond donors (Lipinski definition) is 1. The summed E-state index contributed by atoms with van der Waals surface area (Å²) in [7, 11) is 0. The van der Waals surface area contributed by atoms with Crippen LogP contribution in [0.25, 0.3) is 0 Å². The number of rotatable bonds is 2. The molecule has 1 aliphatic heterocycles. The molecule has 0 bridgehead atoms. The van der Waals surface area contributed by atoms with Gasteiger partial charge in [-0.25, -0.2) is 0 Å². The van der Waals surface area contributed by atoms with E-state index in [1.807, 2.05) is 19.1 Å². The van der Waals surface area contributed by atoms with Crippen LogP contribution in [0.15, 0.2) is 16.5 Å². The summed E-state index contributed by atoms with van der Waals surface area (Å²) < 4.78 is 10.9. The molecule has 14 heavy (non-hydrogen) atoms. The van der Waals surface area contributed by atoms with Gasteiger partial charge in [-0.05, 0) is 25.5 Å². The Morgan fingerprint density at radius 1 is 1.50 bits per heavy atom. The molecule has 3 nitrogen and oxygen atoms in total. The van der Waals surface area contributed by atoms with Gasteiger partial charge in [0.1, 0.15) is 11.5 Å². The van der Waals surface area contributed by atoms with Crippen LogP contribution in [0.5, 0.6) is 0 Å². The van der Waals surface area contributed by atoms with Gasteiger partial charge >= 0.3 is 0 Å². The van der Waals surface area contributed by atoms with Gasteiger partial charge in [-0.3, -0.25) is 0 Å². The molecule has 0 radical (unpaired) electrons. The lowest BCUT2D eigenvalue weighted by atomic mass is 9.92. The molecule has 2 N–H and O–H groups in total. The first kappa shape index (κ1) is 9.74. The van der Waals surface area contributed by atoms with E-state index >= 15 is 0 Å². The second-order valence-corrected chi connectivity index (χ2v) is 4.00. The molecule has 3 heteroatoms. The average molecular weight is 195 g/mol. The molecular formula is C11H17NO2. The second kappa shape index (κ2) is 4.15. The summed E-state index contributed by atoms with van der Waals surface area (Å²) in [6, 6.07) is 4.27. The monoisotopic (exact) mass is 195 g/mol. The number of furan rings is 1. The predicted octanol–water partition coefficient (Wildman–Crippen LogP) is 1.49. The van der Waals surface area contributed by atoms with Crippen molar-refractivity contribution in [1.82, 2.24) is 0 Å². The lowest BCUT2D eigenvalue weighted by Gasteiger charge is -2.27. The molecule has 0 aromatic carbocycles. The van der Waals surface area contributed by atoms with Crippen molar-refractivity contribution in [2.75, 3.05) is 13.2 Å². The van der Waals surface area contributed by atoms with Crippen molar-refractivity contribution in [2.45, 2.75) is 25.8 Å². The zero-order valence-electron chi connectivity index (χ0n) is 8.53. The van der Waals surface area contributed by atoms with Crippen molar-refractivity contribution in [3.05, 3.63) is 23.7 Å². The molecule has 1 aliphatic rings. The maximum absolute atomic E-state index is 6.01. The van der Waals surface area contributed by atoms with Crippen molar-refractivity contribution in [3.63, 3.8) is 0 Å². The largest absolute Gasteiger partial charge is 0.466 e. The molecule has 0 aliphatic carbocycles. The maximum atomic E-state index is 6.01. The van der Waals surface area contributed by atoms with E-state index in [0.29, 0.717) is 5.92 Å². The Labute approximate surface area is 84.2 Å². The minimum Gasteiger partial charge on any atom is -0.466 e. The van der Waals surface area contributed by atoms with Gasteiger partial charge in [0.25, 0.3) is 0 Å². The van der Waals surface area contributed by atoms with Gasteiger partial charge in [-0.15, -0.1) is 0 Å². The van der Waals surface area contributed by atoms with E-state index < -0.39 is 0 Å². The summed E-state index contributed by atoms with van der Waals surface area (Å²) in [5.41, 5.74) is 6.01. The fraction of sp³-hybridized carbons (Fsp3) is 0.636. The third kappa shape index (κ3) is 2.16. The van der Waals surface area contributed by atoms with Crippen molar-refractivity contribution < 1.29 is 9.15 Å². The highest BCUT2D eigenvalue weighted by molar-refractivity contribution is 5.06. The highest BCUT2D eigenvalue weighted by Crippen LogP contribution is 2.19. The fourth-order valence-corrected chi connectivity index (χ4v) is 1.88. The van der Waals surface area contributed by atoms with Gasteiger partial charge in [-0.1, -0.05) is 0 Å². The van der Waals surface area contributed by atoms with Crippen LogP contribution in [0.3, 0.4) is 0 Å². The first-order chi connectivity index (χ1) is 6.75. The van der Waals surface area contributed by atoms with Crippen LogP contribution in [-0.4, -0.2) is 19.3 Å². The predicted molar refractivity (Wildman–Crippen MR) is 54.1 cm³/mol. The molecule has 2 atom stereocenters. The summed E-state index contributed by atoms with van der Waals surface area (Å²) in [6.07, 6.45) is 1.86. The molecule has 2 heterocycles. The van der Waals surface area contributed by atoms with Gasteiger partial charge in [0.15, 0.2) is 0 Å². The minimum absolute atomic E-state index is 0.258.